The second-order valence-corrected chi connectivity index (χ2v) is 7.12. The first kappa shape index (κ1) is 17.4. The van der Waals surface area contributed by atoms with E-state index in [9.17, 15) is 9.59 Å². The average Bonchev–Trinajstić information content (AvgIpc) is 2.87. The molecule has 1 aliphatic carbocycles. The van der Waals surface area contributed by atoms with Crippen molar-refractivity contribution in [1.29, 1.82) is 0 Å². The lowest BCUT2D eigenvalue weighted by Crippen LogP contribution is -2.43. The number of amides is 1. The largest absolute Gasteiger partial charge is 0.350 e. The average molecular weight is 336 g/mol. The number of hydrogen-bond donors (Lipinski definition) is 1. The van der Waals surface area contributed by atoms with Crippen LogP contribution in [0.3, 0.4) is 0 Å². The minimum Gasteiger partial charge on any atom is -0.350 e. The van der Waals surface area contributed by atoms with Gasteiger partial charge >= 0.3 is 0 Å². The highest BCUT2D eigenvalue weighted by Crippen LogP contribution is 2.36. The third-order valence-electron chi connectivity index (χ3n) is 4.89. The predicted octanol–water partition coefficient (Wildman–Crippen LogP) is 3.21. The first-order valence-corrected chi connectivity index (χ1v) is 8.63. The Balaban J connectivity index is 1.79. The lowest BCUT2D eigenvalue weighted by Gasteiger charge is -2.28. The van der Waals surface area contributed by atoms with Crippen molar-refractivity contribution in [2.45, 2.75) is 19.9 Å². The molecule has 0 aliphatic heterocycles. The summed E-state index contributed by atoms with van der Waals surface area (Å²) in [6, 6.07) is 13.2. The zero-order chi connectivity index (χ0) is 18.1. The molecule has 0 bridgehead atoms. The number of benzene rings is 2. The summed E-state index contributed by atoms with van der Waals surface area (Å²) in [6.45, 7) is 4.86. The molecular weight excluding hydrogens is 312 g/mol. The summed E-state index contributed by atoms with van der Waals surface area (Å²) in [5, 5.41) is 3.00. The van der Waals surface area contributed by atoms with Crippen molar-refractivity contribution in [3.8, 4) is 11.1 Å². The number of ketones is 1. The SMILES string of the molecule is CC(C)C(CNC(=O)c1ccc2c(c1)C(=O)c1ccccc1-2)N(C)C. The highest BCUT2D eigenvalue weighted by molar-refractivity contribution is 6.22. The Bertz CT molecular complexity index is 816. The van der Waals surface area contributed by atoms with Crippen LogP contribution in [0.25, 0.3) is 11.1 Å². The lowest BCUT2D eigenvalue weighted by atomic mass is 10.0. The van der Waals surface area contributed by atoms with E-state index in [1.54, 1.807) is 12.1 Å². The molecule has 0 spiro atoms. The Morgan fingerprint density at radius 3 is 2.28 bits per heavy atom. The van der Waals surface area contributed by atoms with E-state index in [2.05, 4.69) is 24.1 Å². The predicted molar refractivity (Wildman–Crippen MR) is 100.0 cm³/mol. The molecule has 130 valence electrons. The molecule has 2 aromatic carbocycles. The van der Waals surface area contributed by atoms with Crippen LogP contribution in [0.15, 0.2) is 42.5 Å². The van der Waals surface area contributed by atoms with Gasteiger partial charge in [-0.2, -0.15) is 0 Å². The number of likely N-dealkylation sites (N-methyl/N-ethyl adjacent to an activating group) is 1. The summed E-state index contributed by atoms with van der Waals surface area (Å²) in [6.07, 6.45) is 0. The van der Waals surface area contributed by atoms with E-state index in [4.69, 9.17) is 0 Å². The Morgan fingerprint density at radius 1 is 1.00 bits per heavy atom. The molecule has 0 aromatic heterocycles. The summed E-state index contributed by atoms with van der Waals surface area (Å²) in [5.74, 6) is 0.291. The molecule has 2 aromatic rings. The Hall–Kier alpha value is -2.46. The van der Waals surface area contributed by atoms with E-state index < -0.39 is 0 Å². The fraction of sp³-hybridized carbons (Fsp3) is 0.333. The molecule has 1 unspecified atom stereocenters. The van der Waals surface area contributed by atoms with E-state index >= 15 is 0 Å². The van der Waals surface area contributed by atoms with Gasteiger partial charge in [0, 0.05) is 29.3 Å². The maximum atomic E-state index is 12.6. The molecule has 4 heteroatoms. The Labute approximate surface area is 148 Å². The molecule has 1 atom stereocenters. The quantitative estimate of drug-likeness (QED) is 0.778. The molecule has 4 nitrogen and oxygen atoms in total. The minimum atomic E-state index is -0.140. The zero-order valence-electron chi connectivity index (χ0n) is 15.2. The van der Waals surface area contributed by atoms with Gasteiger partial charge in [0.05, 0.1) is 0 Å². The van der Waals surface area contributed by atoms with Crippen LogP contribution < -0.4 is 5.32 Å². The van der Waals surface area contributed by atoms with Crippen LogP contribution in [0.4, 0.5) is 0 Å². The van der Waals surface area contributed by atoms with Gasteiger partial charge in [0.15, 0.2) is 5.78 Å². The first-order chi connectivity index (χ1) is 11.9. The second kappa shape index (κ2) is 6.81. The number of carbonyl (C=O) groups excluding carboxylic acids is 2. The molecule has 3 rings (SSSR count). The molecule has 1 aliphatic rings. The van der Waals surface area contributed by atoms with Crippen LogP contribution in [0.1, 0.15) is 40.1 Å². The third-order valence-corrected chi connectivity index (χ3v) is 4.89. The normalized spacial score (nSPS) is 13.8. The number of carbonyl (C=O) groups is 2. The van der Waals surface area contributed by atoms with E-state index in [1.807, 2.05) is 44.4 Å². The summed E-state index contributed by atoms with van der Waals surface area (Å²) in [5.41, 5.74) is 3.71. The van der Waals surface area contributed by atoms with Gasteiger partial charge in [-0.25, -0.2) is 0 Å². The number of hydrogen-bond acceptors (Lipinski definition) is 3. The third kappa shape index (κ3) is 3.22. The van der Waals surface area contributed by atoms with Gasteiger partial charge in [-0.3, -0.25) is 9.59 Å². The van der Waals surface area contributed by atoms with Crippen molar-refractivity contribution in [2.75, 3.05) is 20.6 Å². The highest BCUT2D eigenvalue weighted by atomic mass is 16.1. The Kier molecular flexibility index (Phi) is 4.73. The monoisotopic (exact) mass is 336 g/mol. The number of nitrogens with one attached hydrogen (secondary N) is 1. The van der Waals surface area contributed by atoms with Crippen LogP contribution in [0.5, 0.6) is 0 Å². The van der Waals surface area contributed by atoms with Crippen molar-refractivity contribution in [3.63, 3.8) is 0 Å². The van der Waals surface area contributed by atoms with Crippen LogP contribution in [-0.2, 0) is 0 Å². The molecule has 25 heavy (non-hydrogen) atoms. The van der Waals surface area contributed by atoms with Gasteiger partial charge in [-0.1, -0.05) is 44.2 Å². The molecule has 0 heterocycles. The maximum Gasteiger partial charge on any atom is 0.251 e. The fourth-order valence-electron chi connectivity index (χ4n) is 3.48. The zero-order valence-corrected chi connectivity index (χ0v) is 15.2. The summed E-state index contributed by atoms with van der Waals surface area (Å²) < 4.78 is 0. The van der Waals surface area contributed by atoms with Crippen molar-refractivity contribution in [2.24, 2.45) is 5.92 Å². The van der Waals surface area contributed by atoms with Crippen LogP contribution in [0, 0.1) is 5.92 Å². The van der Waals surface area contributed by atoms with E-state index in [0.29, 0.717) is 29.2 Å². The van der Waals surface area contributed by atoms with Gasteiger partial charge < -0.3 is 10.2 Å². The molecule has 0 saturated carbocycles. The van der Waals surface area contributed by atoms with Gasteiger partial charge in [-0.05, 0) is 43.3 Å². The first-order valence-electron chi connectivity index (χ1n) is 8.63. The molecule has 0 saturated heterocycles. The maximum absolute atomic E-state index is 12.6. The van der Waals surface area contributed by atoms with Crippen molar-refractivity contribution in [3.05, 3.63) is 59.2 Å². The van der Waals surface area contributed by atoms with Crippen LogP contribution in [0.2, 0.25) is 0 Å². The molecule has 1 N–H and O–H groups in total. The summed E-state index contributed by atoms with van der Waals surface area (Å²) in [7, 11) is 4.03. The topological polar surface area (TPSA) is 49.4 Å². The minimum absolute atomic E-state index is 0.00593. The molecular formula is C21H24N2O2. The van der Waals surface area contributed by atoms with Crippen molar-refractivity contribution >= 4 is 11.7 Å². The number of fused-ring (bicyclic) bond motifs is 3. The fourth-order valence-corrected chi connectivity index (χ4v) is 3.48. The Morgan fingerprint density at radius 2 is 1.64 bits per heavy atom. The van der Waals surface area contributed by atoms with Gasteiger partial charge in [0.25, 0.3) is 5.91 Å². The smallest absolute Gasteiger partial charge is 0.251 e. The second-order valence-electron chi connectivity index (χ2n) is 7.12. The standard InChI is InChI=1S/C21H24N2O2/c1-13(2)19(23(3)4)12-22-21(25)14-9-10-16-15-7-5-6-8-17(15)20(24)18(16)11-14/h5-11,13,19H,12H2,1-4H3,(H,22,25). The van der Waals surface area contributed by atoms with Gasteiger partial charge in [0.1, 0.15) is 0 Å². The molecule has 0 radical (unpaired) electrons. The summed E-state index contributed by atoms with van der Waals surface area (Å²) in [4.78, 5) is 27.2. The number of rotatable bonds is 5. The summed E-state index contributed by atoms with van der Waals surface area (Å²) >= 11 is 0. The van der Waals surface area contributed by atoms with E-state index in [0.717, 1.165) is 11.1 Å². The molecule has 0 fully saturated rings. The van der Waals surface area contributed by atoms with Crippen molar-refractivity contribution < 1.29 is 9.59 Å². The van der Waals surface area contributed by atoms with E-state index in [1.165, 1.54) is 0 Å². The van der Waals surface area contributed by atoms with Crippen molar-refractivity contribution in [1.82, 2.24) is 10.2 Å². The number of nitrogens with zero attached hydrogens (tertiary/aromatic N) is 1. The van der Waals surface area contributed by atoms with Gasteiger partial charge in [-0.15, -0.1) is 0 Å². The van der Waals surface area contributed by atoms with E-state index in [-0.39, 0.29) is 17.7 Å². The van der Waals surface area contributed by atoms with Crippen LogP contribution >= 0.6 is 0 Å². The van der Waals surface area contributed by atoms with Crippen LogP contribution in [-0.4, -0.2) is 43.3 Å². The molecule has 1 amide bonds. The lowest BCUT2D eigenvalue weighted by molar-refractivity contribution is 0.0934. The highest BCUT2D eigenvalue weighted by Gasteiger charge is 2.27. The van der Waals surface area contributed by atoms with Gasteiger partial charge in [0.2, 0.25) is 0 Å².